The topological polar surface area (TPSA) is 65.4 Å². The molecule has 2 rings (SSSR count). The van der Waals surface area contributed by atoms with E-state index in [0.717, 1.165) is 45.2 Å². The maximum absolute atomic E-state index is 12.5. The molecule has 2 fully saturated rings. The summed E-state index contributed by atoms with van der Waals surface area (Å²) in [6, 6.07) is 2.13. The van der Waals surface area contributed by atoms with Crippen LogP contribution in [0.2, 0.25) is 0 Å². The minimum atomic E-state index is -0.646. The predicted molar refractivity (Wildman–Crippen MR) is 80.6 cm³/mol. The van der Waals surface area contributed by atoms with Crippen molar-refractivity contribution in [1.82, 2.24) is 10.2 Å². The number of carbonyl (C=O) groups is 1. The Balaban J connectivity index is 1.97. The van der Waals surface area contributed by atoms with Crippen LogP contribution in [0.5, 0.6) is 0 Å². The lowest BCUT2D eigenvalue weighted by molar-refractivity contribution is -0.133. The Morgan fingerprint density at radius 3 is 2.38 bits per heavy atom. The van der Waals surface area contributed by atoms with E-state index in [1.807, 2.05) is 20.8 Å². The van der Waals surface area contributed by atoms with Crippen LogP contribution in [-0.4, -0.2) is 47.7 Å². The lowest BCUT2D eigenvalue weighted by atomic mass is 9.82. The van der Waals surface area contributed by atoms with Gasteiger partial charge < -0.3 is 10.1 Å². The zero-order valence-corrected chi connectivity index (χ0v) is 13.4. The van der Waals surface area contributed by atoms with Crippen LogP contribution in [0.25, 0.3) is 0 Å². The molecule has 1 aliphatic heterocycles. The number of nitriles is 1. The van der Waals surface area contributed by atoms with Crippen molar-refractivity contribution in [1.29, 1.82) is 5.26 Å². The highest BCUT2D eigenvalue weighted by atomic mass is 16.5. The fourth-order valence-electron chi connectivity index (χ4n) is 3.46. The fourth-order valence-corrected chi connectivity index (χ4v) is 3.46. The van der Waals surface area contributed by atoms with Gasteiger partial charge in [-0.1, -0.05) is 19.3 Å². The van der Waals surface area contributed by atoms with E-state index < -0.39 is 5.54 Å². The monoisotopic (exact) mass is 293 g/mol. The van der Waals surface area contributed by atoms with Crippen LogP contribution in [0.1, 0.15) is 52.9 Å². The van der Waals surface area contributed by atoms with E-state index in [2.05, 4.69) is 16.3 Å². The summed E-state index contributed by atoms with van der Waals surface area (Å²) in [4.78, 5) is 14.7. The molecule has 0 aromatic carbocycles. The second-order valence-corrected chi connectivity index (χ2v) is 6.63. The predicted octanol–water partition coefficient (Wildman–Crippen LogP) is 1.83. The van der Waals surface area contributed by atoms with E-state index in [-0.39, 0.29) is 24.2 Å². The first-order valence-electron chi connectivity index (χ1n) is 8.08. The normalized spacial score (nSPS) is 31.1. The molecule has 5 heteroatoms. The van der Waals surface area contributed by atoms with Crippen molar-refractivity contribution in [2.24, 2.45) is 0 Å². The van der Waals surface area contributed by atoms with E-state index in [9.17, 15) is 10.1 Å². The SMILES string of the molecule is CC1CN(C(C)C(=O)NC2(C#N)CCCCC2)CC(C)O1. The Morgan fingerprint density at radius 1 is 1.29 bits per heavy atom. The summed E-state index contributed by atoms with van der Waals surface area (Å²) in [5.41, 5.74) is -0.646. The number of nitrogens with zero attached hydrogens (tertiary/aromatic N) is 2. The molecular weight excluding hydrogens is 266 g/mol. The van der Waals surface area contributed by atoms with Gasteiger partial charge in [0.15, 0.2) is 0 Å². The third-order valence-corrected chi connectivity index (χ3v) is 4.66. The van der Waals surface area contributed by atoms with Gasteiger partial charge in [-0.3, -0.25) is 9.69 Å². The first-order chi connectivity index (χ1) is 9.96. The summed E-state index contributed by atoms with van der Waals surface area (Å²) in [5, 5.41) is 12.5. The van der Waals surface area contributed by atoms with Crippen molar-refractivity contribution in [3.63, 3.8) is 0 Å². The Kier molecular flexibility index (Phi) is 5.23. The molecule has 3 atom stereocenters. The van der Waals surface area contributed by atoms with Crippen LogP contribution < -0.4 is 5.32 Å². The van der Waals surface area contributed by atoms with Gasteiger partial charge in [-0.25, -0.2) is 0 Å². The van der Waals surface area contributed by atoms with E-state index in [1.165, 1.54) is 0 Å². The standard InChI is InChI=1S/C16H27N3O2/c1-12-9-19(10-13(2)21-12)14(3)15(20)18-16(11-17)7-5-4-6-8-16/h12-14H,4-10H2,1-3H3,(H,18,20). The molecule has 0 radical (unpaired) electrons. The minimum absolute atomic E-state index is 0.0280. The largest absolute Gasteiger partial charge is 0.373 e. The molecule has 1 heterocycles. The van der Waals surface area contributed by atoms with Gasteiger partial charge >= 0.3 is 0 Å². The van der Waals surface area contributed by atoms with Crippen LogP contribution in [0.15, 0.2) is 0 Å². The molecule has 21 heavy (non-hydrogen) atoms. The molecule has 3 unspecified atom stereocenters. The van der Waals surface area contributed by atoms with E-state index in [4.69, 9.17) is 4.74 Å². The van der Waals surface area contributed by atoms with Gasteiger partial charge in [0, 0.05) is 13.1 Å². The fraction of sp³-hybridized carbons (Fsp3) is 0.875. The number of rotatable bonds is 3. The Labute approximate surface area is 127 Å². The second kappa shape index (κ2) is 6.76. The average Bonchev–Trinajstić information content (AvgIpc) is 2.46. The zero-order chi connectivity index (χ0) is 15.5. The Bertz CT molecular complexity index is 402. The third-order valence-electron chi connectivity index (χ3n) is 4.66. The molecule has 5 nitrogen and oxygen atoms in total. The number of morpholine rings is 1. The first kappa shape index (κ1) is 16.3. The highest BCUT2D eigenvalue weighted by Gasteiger charge is 2.37. The molecule has 0 spiro atoms. The molecule has 0 bridgehead atoms. The van der Waals surface area contributed by atoms with Crippen LogP contribution in [0, 0.1) is 11.3 Å². The molecule has 2 aliphatic rings. The highest BCUT2D eigenvalue weighted by molar-refractivity contribution is 5.82. The van der Waals surface area contributed by atoms with Gasteiger partial charge in [-0.05, 0) is 33.6 Å². The van der Waals surface area contributed by atoms with Gasteiger partial charge in [0.05, 0.1) is 24.3 Å². The van der Waals surface area contributed by atoms with Crippen molar-refractivity contribution < 1.29 is 9.53 Å². The molecule has 1 saturated heterocycles. The first-order valence-corrected chi connectivity index (χ1v) is 8.08. The molecule has 1 N–H and O–H groups in total. The zero-order valence-electron chi connectivity index (χ0n) is 13.4. The lowest BCUT2D eigenvalue weighted by Gasteiger charge is -2.40. The van der Waals surface area contributed by atoms with E-state index >= 15 is 0 Å². The smallest absolute Gasteiger partial charge is 0.238 e. The van der Waals surface area contributed by atoms with Crippen molar-refractivity contribution in [2.75, 3.05) is 13.1 Å². The van der Waals surface area contributed by atoms with Crippen LogP contribution >= 0.6 is 0 Å². The Hall–Kier alpha value is -1.12. The minimum Gasteiger partial charge on any atom is -0.373 e. The summed E-state index contributed by atoms with van der Waals surface area (Å²) >= 11 is 0. The summed E-state index contributed by atoms with van der Waals surface area (Å²) in [7, 11) is 0. The molecule has 0 aromatic heterocycles. The third kappa shape index (κ3) is 3.96. The molecule has 1 saturated carbocycles. The van der Waals surface area contributed by atoms with Crippen molar-refractivity contribution in [3.05, 3.63) is 0 Å². The summed E-state index contributed by atoms with van der Waals surface area (Å²) in [6.45, 7) is 7.52. The van der Waals surface area contributed by atoms with Crippen LogP contribution in [0.4, 0.5) is 0 Å². The van der Waals surface area contributed by atoms with Crippen molar-refractivity contribution >= 4 is 5.91 Å². The number of amides is 1. The quantitative estimate of drug-likeness (QED) is 0.862. The number of ether oxygens (including phenoxy) is 1. The van der Waals surface area contributed by atoms with Crippen molar-refractivity contribution in [3.8, 4) is 6.07 Å². The summed E-state index contributed by atoms with van der Waals surface area (Å²) < 4.78 is 5.71. The van der Waals surface area contributed by atoms with Gasteiger partial charge in [-0.15, -0.1) is 0 Å². The average molecular weight is 293 g/mol. The molecular formula is C16H27N3O2. The second-order valence-electron chi connectivity index (χ2n) is 6.63. The number of nitrogens with one attached hydrogen (secondary N) is 1. The molecule has 1 amide bonds. The van der Waals surface area contributed by atoms with E-state index in [0.29, 0.717) is 0 Å². The lowest BCUT2D eigenvalue weighted by Crippen LogP contribution is -2.58. The van der Waals surface area contributed by atoms with Crippen LogP contribution in [0.3, 0.4) is 0 Å². The van der Waals surface area contributed by atoms with Gasteiger partial charge in [0.2, 0.25) is 5.91 Å². The van der Waals surface area contributed by atoms with Crippen molar-refractivity contribution in [2.45, 2.75) is 76.7 Å². The summed E-state index contributed by atoms with van der Waals surface area (Å²) in [5.74, 6) is -0.0280. The van der Waals surface area contributed by atoms with Gasteiger partial charge in [0.25, 0.3) is 0 Å². The number of hydrogen-bond donors (Lipinski definition) is 1. The number of hydrogen-bond acceptors (Lipinski definition) is 4. The Morgan fingerprint density at radius 2 is 1.86 bits per heavy atom. The molecule has 1 aliphatic carbocycles. The highest BCUT2D eigenvalue weighted by Crippen LogP contribution is 2.28. The molecule has 0 aromatic rings. The van der Waals surface area contributed by atoms with Crippen LogP contribution in [-0.2, 0) is 9.53 Å². The summed E-state index contributed by atoms with van der Waals surface area (Å²) in [6.07, 6.45) is 5.04. The van der Waals surface area contributed by atoms with E-state index in [1.54, 1.807) is 0 Å². The van der Waals surface area contributed by atoms with Gasteiger partial charge in [-0.2, -0.15) is 5.26 Å². The maximum atomic E-state index is 12.5. The molecule has 118 valence electrons. The maximum Gasteiger partial charge on any atom is 0.238 e. The van der Waals surface area contributed by atoms with Gasteiger partial charge in [0.1, 0.15) is 5.54 Å². The number of carbonyl (C=O) groups excluding carboxylic acids is 1.